The Bertz CT molecular complexity index is 730. The number of unbranched alkanes of at least 4 members (excludes halogenated alkanes) is 1. The monoisotopic (exact) mass is 292 g/mol. The fourth-order valence-electron chi connectivity index (χ4n) is 2.47. The molecule has 2 aromatic carbocycles. The first-order valence-corrected chi connectivity index (χ1v) is 7.65. The van der Waals surface area contributed by atoms with Gasteiger partial charge in [0.2, 0.25) is 0 Å². The summed E-state index contributed by atoms with van der Waals surface area (Å²) in [6.07, 6.45) is 3.53. The number of nitrogen functional groups attached to an aromatic ring is 1. The molecule has 4 nitrogen and oxygen atoms in total. The summed E-state index contributed by atoms with van der Waals surface area (Å²) in [6.45, 7) is 2.20. The van der Waals surface area contributed by atoms with Crippen molar-refractivity contribution >= 4 is 5.82 Å². The van der Waals surface area contributed by atoms with Crippen molar-refractivity contribution in [2.75, 3.05) is 5.73 Å². The third kappa shape index (κ3) is 2.86. The van der Waals surface area contributed by atoms with Crippen LogP contribution >= 0.6 is 0 Å². The van der Waals surface area contributed by atoms with Crippen LogP contribution in [-0.4, -0.2) is 15.0 Å². The molecule has 0 saturated carbocycles. The van der Waals surface area contributed by atoms with E-state index >= 15 is 0 Å². The standard InChI is InChI=1S/C18H20N4/c1-2-3-7-14-10-12-16(13-11-14)22-18(19)17(20-21-22)15-8-5-4-6-9-15/h4-6,8-13H,2-3,7,19H2,1H3. The minimum atomic E-state index is 0.563. The summed E-state index contributed by atoms with van der Waals surface area (Å²) in [5, 5.41) is 8.42. The van der Waals surface area contributed by atoms with E-state index in [1.165, 1.54) is 18.4 Å². The van der Waals surface area contributed by atoms with Crippen LogP contribution in [-0.2, 0) is 6.42 Å². The van der Waals surface area contributed by atoms with Crippen LogP contribution in [0.3, 0.4) is 0 Å². The van der Waals surface area contributed by atoms with Gasteiger partial charge in [-0.1, -0.05) is 61.0 Å². The molecular formula is C18H20N4. The van der Waals surface area contributed by atoms with Crippen molar-refractivity contribution in [1.82, 2.24) is 15.0 Å². The zero-order chi connectivity index (χ0) is 15.4. The minimum Gasteiger partial charge on any atom is -0.382 e. The third-order valence-corrected chi connectivity index (χ3v) is 3.75. The van der Waals surface area contributed by atoms with Gasteiger partial charge in [-0.05, 0) is 30.5 Å². The van der Waals surface area contributed by atoms with E-state index in [9.17, 15) is 0 Å². The molecule has 0 unspecified atom stereocenters. The van der Waals surface area contributed by atoms with E-state index in [2.05, 4.69) is 29.4 Å². The van der Waals surface area contributed by atoms with Crippen LogP contribution in [0.5, 0.6) is 0 Å². The number of benzene rings is 2. The van der Waals surface area contributed by atoms with E-state index in [-0.39, 0.29) is 0 Å². The first kappa shape index (κ1) is 14.3. The normalized spacial score (nSPS) is 10.8. The number of aryl methyl sites for hydroxylation is 1. The fraction of sp³-hybridized carbons (Fsp3) is 0.222. The van der Waals surface area contributed by atoms with Gasteiger partial charge in [0.1, 0.15) is 5.69 Å². The number of rotatable bonds is 5. The molecule has 0 aliphatic rings. The van der Waals surface area contributed by atoms with E-state index in [4.69, 9.17) is 5.73 Å². The van der Waals surface area contributed by atoms with Gasteiger partial charge in [0.25, 0.3) is 0 Å². The third-order valence-electron chi connectivity index (χ3n) is 3.75. The van der Waals surface area contributed by atoms with Gasteiger partial charge in [-0.2, -0.15) is 4.68 Å². The van der Waals surface area contributed by atoms with Gasteiger partial charge in [0.05, 0.1) is 5.69 Å². The molecule has 1 heterocycles. The predicted molar refractivity (Wildman–Crippen MR) is 89.8 cm³/mol. The number of anilines is 1. The van der Waals surface area contributed by atoms with Gasteiger partial charge in [-0.25, -0.2) is 0 Å². The minimum absolute atomic E-state index is 0.563. The second-order valence-corrected chi connectivity index (χ2v) is 5.37. The summed E-state index contributed by atoms with van der Waals surface area (Å²) >= 11 is 0. The van der Waals surface area contributed by atoms with Gasteiger partial charge in [-0.15, -0.1) is 5.10 Å². The Hall–Kier alpha value is -2.62. The molecule has 1 aromatic heterocycles. The Kier molecular flexibility index (Phi) is 4.19. The maximum absolute atomic E-state index is 6.22. The van der Waals surface area contributed by atoms with Crippen molar-refractivity contribution in [3.8, 4) is 16.9 Å². The summed E-state index contributed by atoms with van der Waals surface area (Å²) < 4.78 is 1.69. The molecule has 0 radical (unpaired) electrons. The van der Waals surface area contributed by atoms with Crippen LogP contribution in [0.2, 0.25) is 0 Å². The van der Waals surface area contributed by atoms with Gasteiger partial charge in [-0.3, -0.25) is 0 Å². The summed E-state index contributed by atoms with van der Waals surface area (Å²) in [6, 6.07) is 18.2. The zero-order valence-corrected chi connectivity index (χ0v) is 12.7. The molecule has 0 aliphatic carbocycles. The highest BCUT2D eigenvalue weighted by atomic mass is 15.5. The van der Waals surface area contributed by atoms with E-state index in [1.54, 1.807) is 4.68 Å². The maximum Gasteiger partial charge on any atom is 0.155 e. The Balaban J connectivity index is 1.88. The molecule has 0 spiro atoms. The van der Waals surface area contributed by atoms with Gasteiger partial charge < -0.3 is 5.73 Å². The molecule has 0 atom stereocenters. The quantitative estimate of drug-likeness (QED) is 0.777. The van der Waals surface area contributed by atoms with Crippen molar-refractivity contribution < 1.29 is 0 Å². The van der Waals surface area contributed by atoms with Crippen molar-refractivity contribution in [3.05, 3.63) is 60.2 Å². The lowest BCUT2D eigenvalue weighted by atomic mass is 10.1. The summed E-state index contributed by atoms with van der Waals surface area (Å²) in [4.78, 5) is 0. The Morgan fingerprint density at radius 1 is 1.00 bits per heavy atom. The Morgan fingerprint density at radius 3 is 2.41 bits per heavy atom. The molecule has 0 aliphatic heterocycles. The maximum atomic E-state index is 6.22. The lowest BCUT2D eigenvalue weighted by molar-refractivity contribution is 0.790. The molecule has 112 valence electrons. The predicted octanol–water partition coefficient (Wildman–Crippen LogP) is 3.86. The summed E-state index contributed by atoms with van der Waals surface area (Å²) in [5.74, 6) is 0.563. The summed E-state index contributed by atoms with van der Waals surface area (Å²) in [7, 11) is 0. The number of hydrogen-bond acceptors (Lipinski definition) is 3. The molecule has 0 bridgehead atoms. The highest BCUT2D eigenvalue weighted by Crippen LogP contribution is 2.25. The van der Waals surface area contributed by atoms with Crippen LogP contribution in [0.4, 0.5) is 5.82 Å². The largest absolute Gasteiger partial charge is 0.382 e. The van der Waals surface area contributed by atoms with Crippen molar-refractivity contribution in [3.63, 3.8) is 0 Å². The van der Waals surface area contributed by atoms with E-state index in [0.29, 0.717) is 5.82 Å². The average Bonchev–Trinajstić information content (AvgIpc) is 2.96. The smallest absolute Gasteiger partial charge is 0.155 e. The number of aromatic nitrogens is 3. The van der Waals surface area contributed by atoms with Gasteiger partial charge in [0, 0.05) is 5.56 Å². The Labute approximate surface area is 130 Å². The molecule has 2 N–H and O–H groups in total. The van der Waals surface area contributed by atoms with Crippen molar-refractivity contribution in [2.45, 2.75) is 26.2 Å². The molecule has 0 amide bonds. The topological polar surface area (TPSA) is 56.7 Å². The second kappa shape index (κ2) is 6.43. The molecule has 3 rings (SSSR count). The average molecular weight is 292 g/mol. The van der Waals surface area contributed by atoms with Crippen molar-refractivity contribution in [1.29, 1.82) is 0 Å². The molecule has 0 fully saturated rings. The van der Waals surface area contributed by atoms with Crippen LogP contribution in [0.1, 0.15) is 25.3 Å². The first-order valence-electron chi connectivity index (χ1n) is 7.65. The van der Waals surface area contributed by atoms with Crippen LogP contribution < -0.4 is 5.73 Å². The van der Waals surface area contributed by atoms with E-state index in [1.807, 2.05) is 42.5 Å². The van der Waals surface area contributed by atoms with E-state index < -0.39 is 0 Å². The molecular weight excluding hydrogens is 272 g/mol. The highest BCUT2D eigenvalue weighted by molar-refractivity contribution is 5.70. The Morgan fingerprint density at radius 2 is 1.73 bits per heavy atom. The molecule has 4 heteroatoms. The van der Waals surface area contributed by atoms with Gasteiger partial charge in [0.15, 0.2) is 5.82 Å². The van der Waals surface area contributed by atoms with Crippen LogP contribution in [0.15, 0.2) is 54.6 Å². The first-order chi connectivity index (χ1) is 10.8. The second-order valence-electron chi connectivity index (χ2n) is 5.37. The highest BCUT2D eigenvalue weighted by Gasteiger charge is 2.12. The van der Waals surface area contributed by atoms with E-state index in [0.717, 1.165) is 23.4 Å². The van der Waals surface area contributed by atoms with Gasteiger partial charge >= 0.3 is 0 Å². The number of nitrogens with zero attached hydrogens (tertiary/aromatic N) is 3. The lowest BCUT2D eigenvalue weighted by Gasteiger charge is -2.05. The lowest BCUT2D eigenvalue weighted by Crippen LogP contribution is -2.02. The number of nitrogens with two attached hydrogens (primary N) is 1. The van der Waals surface area contributed by atoms with Crippen molar-refractivity contribution in [2.24, 2.45) is 0 Å². The SMILES string of the molecule is CCCCc1ccc(-n2nnc(-c3ccccc3)c2N)cc1. The molecule has 3 aromatic rings. The summed E-state index contributed by atoms with van der Waals surface area (Å²) in [5.41, 5.74) is 10.2. The molecule has 22 heavy (non-hydrogen) atoms. The molecule has 0 saturated heterocycles. The zero-order valence-electron chi connectivity index (χ0n) is 12.7. The fourth-order valence-corrected chi connectivity index (χ4v) is 2.47. The number of hydrogen-bond donors (Lipinski definition) is 1. The van der Waals surface area contributed by atoms with Crippen LogP contribution in [0, 0.1) is 0 Å². The van der Waals surface area contributed by atoms with Crippen LogP contribution in [0.25, 0.3) is 16.9 Å².